The summed E-state index contributed by atoms with van der Waals surface area (Å²) in [5.41, 5.74) is 1.51. The lowest BCUT2D eigenvalue weighted by atomic mass is 9.81. The first-order valence-corrected chi connectivity index (χ1v) is 8.28. The summed E-state index contributed by atoms with van der Waals surface area (Å²) in [6.45, 7) is 10.2. The molecule has 0 saturated carbocycles. The average molecular weight is 347 g/mol. The second kappa shape index (κ2) is 7.10. The molecule has 19 heavy (non-hydrogen) atoms. The summed E-state index contributed by atoms with van der Waals surface area (Å²) in [6.07, 6.45) is 0. The van der Waals surface area contributed by atoms with Crippen molar-refractivity contribution in [3.63, 3.8) is 0 Å². The SMILES string of the molecule is CC(c1ccccc1Cl)N(C)CC(CBr)C(C)(C)C. The van der Waals surface area contributed by atoms with Crippen LogP contribution < -0.4 is 0 Å². The number of hydrogen-bond acceptors (Lipinski definition) is 1. The van der Waals surface area contributed by atoms with Gasteiger partial charge < -0.3 is 0 Å². The first-order chi connectivity index (χ1) is 8.77. The zero-order valence-corrected chi connectivity index (χ0v) is 14.9. The summed E-state index contributed by atoms with van der Waals surface area (Å²) >= 11 is 9.93. The predicted molar refractivity (Wildman–Crippen MR) is 89.2 cm³/mol. The van der Waals surface area contributed by atoms with Crippen LogP contribution in [0.15, 0.2) is 24.3 Å². The number of halogens is 2. The van der Waals surface area contributed by atoms with Crippen molar-refractivity contribution >= 4 is 27.5 Å². The zero-order chi connectivity index (χ0) is 14.6. The van der Waals surface area contributed by atoms with Crippen LogP contribution in [0, 0.1) is 11.3 Å². The van der Waals surface area contributed by atoms with Crippen molar-refractivity contribution in [3.8, 4) is 0 Å². The molecule has 0 aromatic heterocycles. The molecule has 0 aliphatic rings. The fourth-order valence-corrected chi connectivity index (χ4v) is 3.58. The Kier molecular flexibility index (Phi) is 6.35. The minimum atomic E-state index is 0.304. The molecule has 1 nitrogen and oxygen atoms in total. The van der Waals surface area contributed by atoms with E-state index in [1.807, 2.05) is 12.1 Å². The number of hydrogen-bond donors (Lipinski definition) is 0. The number of rotatable bonds is 5. The summed E-state index contributed by atoms with van der Waals surface area (Å²) in [5, 5.41) is 1.88. The van der Waals surface area contributed by atoms with Crippen molar-refractivity contribution in [1.29, 1.82) is 0 Å². The van der Waals surface area contributed by atoms with E-state index in [1.54, 1.807) is 0 Å². The maximum Gasteiger partial charge on any atom is 0.0453 e. The topological polar surface area (TPSA) is 3.24 Å². The normalized spacial score (nSPS) is 15.6. The van der Waals surface area contributed by atoms with Crippen molar-refractivity contribution in [2.24, 2.45) is 11.3 Å². The molecular weight excluding hydrogens is 322 g/mol. The molecule has 0 aliphatic heterocycles. The van der Waals surface area contributed by atoms with Crippen molar-refractivity contribution in [2.45, 2.75) is 33.7 Å². The van der Waals surface area contributed by atoms with E-state index in [0.29, 0.717) is 17.4 Å². The van der Waals surface area contributed by atoms with Gasteiger partial charge in [-0.25, -0.2) is 0 Å². The van der Waals surface area contributed by atoms with Crippen molar-refractivity contribution in [1.82, 2.24) is 4.90 Å². The van der Waals surface area contributed by atoms with E-state index in [0.717, 1.165) is 16.9 Å². The highest BCUT2D eigenvalue weighted by Gasteiger charge is 2.26. The third kappa shape index (κ3) is 4.77. The highest BCUT2D eigenvalue weighted by atomic mass is 79.9. The van der Waals surface area contributed by atoms with Crippen LogP contribution in [0.2, 0.25) is 5.02 Å². The molecule has 0 aliphatic carbocycles. The van der Waals surface area contributed by atoms with Crippen LogP contribution in [0.3, 0.4) is 0 Å². The predicted octanol–water partition coefficient (Wildman–Crippen LogP) is 5.39. The Hall–Kier alpha value is -0.0500. The molecule has 1 aromatic carbocycles. The van der Waals surface area contributed by atoms with Crippen LogP contribution >= 0.6 is 27.5 Å². The quantitative estimate of drug-likeness (QED) is 0.646. The van der Waals surface area contributed by atoms with Crippen molar-refractivity contribution < 1.29 is 0 Å². The van der Waals surface area contributed by atoms with Crippen LogP contribution in [-0.2, 0) is 0 Å². The van der Waals surface area contributed by atoms with E-state index >= 15 is 0 Å². The molecule has 0 bridgehead atoms. The van der Waals surface area contributed by atoms with Gasteiger partial charge in [-0.3, -0.25) is 4.90 Å². The van der Waals surface area contributed by atoms with E-state index < -0.39 is 0 Å². The van der Waals surface area contributed by atoms with Gasteiger partial charge in [0.2, 0.25) is 0 Å². The zero-order valence-electron chi connectivity index (χ0n) is 12.6. The Balaban J connectivity index is 2.78. The Labute approximate surface area is 131 Å². The summed E-state index contributed by atoms with van der Waals surface area (Å²) < 4.78 is 0. The maximum atomic E-state index is 6.29. The van der Waals surface area contributed by atoms with Gasteiger partial charge in [0, 0.05) is 22.9 Å². The molecule has 0 heterocycles. The van der Waals surface area contributed by atoms with Crippen molar-refractivity contribution in [3.05, 3.63) is 34.9 Å². The lowest BCUT2D eigenvalue weighted by Crippen LogP contribution is -2.35. The van der Waals surface area contributed by atoms with Gasteiger partial charge in [-0.1, -0.05) is 66.5 Å². The van der Waals surface area contributed by atoms with Gasteiger partial charge in [0.05, 0.1) is 0 Å². The molecule has 0 saturated heterocycles. The molecule has 108 valence electrons. The summed E-state index contributed by atoms with van der Waals surface area (Å²) in [7, 11) is 2.18. The van der Waals surface area contributed by atoms with Gasteiger partial charge in [0.15, 0.2) is 0 Å². The first kappa shape index (κ1) is 17.0. The van der Waals surface area contributed by atoms with Gasteiger partial charge in [-0.2, -0.15) is 0 Å². The van der Waals surface area contributed by atoms with Gasteiger partial charge in [0.1, 0.15) is 0 Å². The average Bonchev–Trinajstić information content (AvgIpc) is 2.34. The highest BCUT2D eigenvalue weighted by molar-refractivity contribution is 9.09. The monoisotopic (exact) mass is 345 g/mol. The fraction of sp³-hybridized carbons (Fsp3) is 0.625. The third-order valence-corrected chi connectivity index (χ3v) is 5.06. The smallest absolute Gasteiger partial charge is 0.0453 e. The fourth-order valence-electron chi connectivity index (χ4n) is 2.11. The largest absolute Gasteiger partial charge is 0.299 e. The molecule has 0 fully saturated rings. The maximum absolute atomic E-state index is 6.29. The molecule has 0 spiro atoms. The summed E-state index contributed by atoms with van der Waals surface area (Å²) in [6, 6.07) is 8.45. The minimum absolute atomic E-state index is 0.304. The van der Waals surface area contributed by atoms with E-state index in [4.69, 9.17) is 11.6 Å². The Bertz CT molecular complexity index is 400. The Morgan fingerprint density at radius 2 is 1.84 bits per heavy atom. The Morgan fingerprint density at radius 3 is 2.32 bits per heavy atom. The standard InChI is InChI=1S/C16H25BrClN/c1-12(14-8-6-7-9-15(14)18)19(5)11-13(10-17)16(2,3)4/h6-9,12-13H,10-11H2,1-5H3. The molecule has 1 rings (SSSR count). The number of benzene rings is 1. The Morgan fingerprint density at radius 1 is 1.26 bits per heavy atom. The van der Waals surface area contributed by atoms with Gasteiger partial charge in [0.25, 0.3) is 0 Å². The lowest BCUT2D eigenvalue weighted by molar-refractivity contribution is 0.159. The molecular formula is C16H25BrClN. The molecule has 0 radical (unpaired) electrons. The molecule has 2 unspecified atom stereocenters. The van der Waals surface area contributed by atoms with Crippen LogP contribution in [0.5, 0.6) is 0 Å². The number of nitrogens with zero attached hydrogens (tertiary/aromatic N) is 1. The third-order valence-electron chi connectivity index (χ3n) is 3.94. The second-order valence-electron chi connectivity index (χ2n) is 6.35. The van der Waals surface area contributed by atoms with Gasteiger partial charge >= 0.3 is 0 Å². The van der Waals surface area contributed by atoms with E-state index in [1.165, 1.54) is 5.56 Å². The van der Waals surface area contributed by atoms with Crippen LogP contribution in [0.4, 0.5) is 0 Å². The van der Waals surface area contributed by atoms with Crippen molar-refractivity contribution in [2.75, 3.05) is 18.9 Å². The number of alkyl halides is 1. The van der Waals surface area contributed by atoms with Crippen LogP contribution in [0.1, 0.15) is 39.3 Å². The van der Waals surface area contributed by atoms with Gasteiger partial charge in [-0.05, 0) is 36.9 Å². The lowest BCUT2D eigenvalue weighted by Gasteiger charge is -2.35. The molecule has 1 aromatic rings. The highest BCUT2D eigenvalue weighted by Crippen LogP contribution is 2.32. The van der Waals surface area contributed by atoms with Crippen LogP contribution in [-0.4, -0.2) is 23.8 Å². The summed E-state index contributed by atoms with van der Waals surface area (Å²) in [5.74, 6) is 0.613. The van der Waals surface area contributed by atoms with Crippen LogP contribution in [0.25, 0.3) is 0 Å². The summed E-state index contributed by atoms with van der Waals surface area (Å²) in [4.78, 5) is 2.39. The molecule has 0 amide bonds. The van der Waals surface area contributed by atoms with E-state index in [9.17, 15) is 0 Å². The molecule has 2 atom stereocenters. The minimum Gasteiger partial charge on any atom is -0.299 e. The second-order valence-corrected chi connectivity index (χ2v) is 7.41. The van der Waals surface area contributed by atoms with E-state index in [2.05, 4.69) is 67.7 Å². The van der Waals surface area contributed by atoms with E-state index in [-0.39, 0.29) is 0 Å². The molecule has 3 heteroatoms. The van der Waals surface area contributed by atoms with Gasteiger partial charge in [-0.15, -0.1) is 0 Å². The first-order valence-electron chi connectivity index (χ1n) is 6.78. The molecule has 0 N–H and O–H groups in total.